The van der Waals surface area contributed by atoms with Gasteiger partial charge in [-0.3, -0.25) is 0 Å². The van der Waals surface area contributed by atoms with Crippen molar-refractivity contribution in [2.24, 2.45) is 0 Å². The van der Waals surface area contributed by atoms with E-state index in [2.05, 4.69) is 9.84 Å². The Balaban J connectivity index is 1.91. The minimum atomic E-state index is -0.986. The van der Waals surface area contributed by atoms with E-state index < -0.39 is 18.0 Å². The highest BCUT2D eigenvalue weighted by molar-refractivity contribution is 6.30. The summed E-state index contributed by atoms with van der Waals surface area (Å²) in [5.74, 6) is -1.28. The van der Waals surface area contributed by atoms with Gasteiger partial charge in [0.25, 0.3) is 0 Å². The van der Waals surface area contributed by atoms with Crippen LogP contribution in [0.25, 0.3) is 23.0 Å². The van der Waals surface area contributed by atoms with Gasteiger partial charge in [-0.15, -0.1) is 0 Å². The predicted octanol–water partition coefficient (Wildman–Crippen LogP) is 4.31. The molecule has 0 bridgehead atoms. The van der Waals surface area contributed by atoms with Gasteiger partial charge in [0.1, 0.15) is 0 Å². The third-order valence-corrected chi connectivity index (χ3v) is 4.36. The van der Waals surface area contributed by atoms with Gasteiger partial charge < -0.3 is 9.47 Å². The van der Waals surface area contributed by atoms with Gasteiger partial charge >= 0.3 is 11.9 Å². The van der Waals surface area contributed by atoms with Crippen LogP contribution in [0.15, 0.2) is 66.9 Å². The van der Waals surface area contributed by atoms with Gasteiger partial charge in [-0.2, -0.15) is 5.10 Å². The molecule has 1 heterocycles. The molecule has 3 rings (SSSR count). The largest absolute Gasteiger partial charge is 0.466 e. The van der Waals surface area contributed by atoms with Crippen molar-refractivity contribution in [2.75, 3.05) is 7.11 Å². The summed E-state index contributed by atoms with van der Waals surface area (Å²) in [6, 6.07) is 16.9. The molecule has 0 amide bonds. The number of rotatable bonds is 6. The van der Waals surface area contributed by atoms with Crippen molar-refractivity contribution in [1.29, 1.82) is 0 Å². The lowest BCUT2D eigenvalue weighted by molar-refractivity contribution is -0.161. The van der Waals surface area contributed by atoms with Crippen LogP contribution in [0.5, 0.6) is 0 Å². The monoisotopic (exact) mass is 410 g/mol. The predicted molar refractivity (Wildman–Crippen MR) is 111 cm³/mol. The van der Waals surface area contributed by atoms with Crippen LogP contribution >= 0.6 is 11.6 Å². The number of hydrogen-bond donors (Lipinski definition) is 0. The molecule has 1 unspecified atom stereocenters. The summed E-state index contributed by atoms with van der Waals surface area (Å²) in [5, 5.41) is 5.28. The van der Waals surface area contributed by atoms with Gasteiger partial charge in [-0.05, 0) is 37.3 Å². The van der Waals surface area contributed by atoms with E-state index in [4.69, 9.17) is 16.3 Å². The summed E-state index contributed by atoms with van der Waals surface area (Å²) in [5.41, 5.74) is 3.11. The Labute approximate surface area is 173 Å². The van der Waals surface area contributed by atoms with E-state index in [1.165, 1.54) is 20.1 Å². The number of benzene rings is 2. The van der Waals surface area contributed by atoms with Crippen molar-refractivity contribution in [2.45, 2.75) is 13.0 Å². The molecule has 0 spiro atoms. The maximum Gasteiger partial charge on any atom is 0.346 e. The fraction of sp³-hybridized carbons (Fsp3) is 0.136. The van der Waals surface area contributed by atoms with E-state index in [0.29, 0.717) is 16.3 Å². The first-order valence-corrected chi connectivity index (χ1v) is 9.23. The molecule has 1 aromatic heterocycles. The first kappa shape index (κ1) is 20.4. The highest BCUT2D eigenvalue weighted by Crippen LogP contribution is 2.26. The number of halogens is 1. The van der Waals surface area contributed by atoms with Crippen LogP contribution in [0.3, 0.4) is 0 Å². The molecule has 0 saturated heterocycles. The van der Waals surface area contributed by atoms with Crippen LogP contribution < -0.4 is 0 Å². The van der Waals surface area contributed by atoms with E-state index in [9.17, 15) is 9.59 Å². The number of methoxy groups -OCH3 is 1. The number of aromatic nitrogens is 2. The number of esters is 2. The second-order valence-corrected chi connectivity index (χ2v) is 6.59. The molecule has 29 heavy (non-hydrogen) atoms. The molecular weight excluding hydrogens is 392 g/mol. The van der Waals surface area contributed by atoms with Crippen molar-refractivity contribution >= 4 is 29.6 Å². The molecule has 1 atom stereocenters. The smallest absolute Gasteiger partial charge is 0.346 e. The topological polar surface area (TPSA) is 70.4 Å². The van der Waals surface area contributed by atoms with Gasteiger partial charge in [0, 0.05) is 28.4 Å². The van der Waals surface area contributed by atoms with Gasteiger partial charge in [-0.1, -0.05) is 41.9 Å². The second-order valence-electron chi connectivity index (χ2n) is 6.16. The van der Waals surface area contributed by atoms with Crippen molar-refractivity contribution < 1.29 is 19.1 Å². The fourth-order valence-electron chi connectivity index (χ4n) is 2.64. The Bertz CT molecular complexity index is 1030. The average molecular weight is 411 g/mol. The van der Waals surface area contributed by atoms with Crippen molar-refractivity contribution in [3.63, 3.8) is 0 Å². The molecule has 3 aromatic rings. The van der Waals surface area contributed by atoms with Crippen LogP contribution in [0.1, 0.15) is 12.5 Å². The summed E-state index contributed by atoms with van der Waals surface area (Å²) in [4.78, 5) is 23.5. The molecule has 0 N–H and O–H groups in total. The highest BCUT2D eigenvalue weighted by Gasteiger charge is 2.17. The summed E-state index contributed by atoms with van der Waals surface area (Å²) in [6.45, 7) is 1.45. The molecule has 0 fully saturated rings. The normalized spacial score (nSPS) is 12.0. The zero-order valence-electron chi connectivity index (χ0n) is 15.9. The van der Waals surface area contributed by atoms with Crippen LogP contribution in [0.2, 0.25) is 5.02 Å². The van der Waals surface area contributed by atoms with Crippen molar-refractivity contribution in [1.82, 2.24) is 9.78 Å². The number of nitrogens with zero attached hydrogens (tertiary/aromatic N) is 2. The third kappa shape index (κ3) is 5.12. The second kappa shape index (κ2) is 9.21. The number of carbonyl (C=O) groups is 2. The molecule has 7 heteroatoms. The van der Waals surface area contributed by atoms with E-state index in [-0.39, 0.29) is 0 Å². The lowest BCUT2D eigenvalue weighted by atomic mass is 10.1. The summed E-state index contributed by atoms with van der Waals surface area (Å²) >= 11 is 5.99. The molecule has 148 valence electrons. The Morgan fingerprint density at radius 1 is 1.10 bits per heavy atom. The number of carbonyl (C=O) groups excluding carboxylic acids is 2. The van der Waals surface area contributed by atoms with E-state index >= 15 is 0 Å². The SMILES string of the molecule is COC(=O)C(C)OC(=O)/C=C/c1cn(-c2ccccc2)nc1-c1ccc(Cl)cc1. The molecular formula is C22H19ClN2O4. The van der Waals surface area contributed by atoms with E-state index in [1.54, 1.807) is 22.9 Å². The highest BCUT2D eigenvalue weighted by atomic mass is 35.5. The molecule has 2 aromatic carbocycles. The lowest BCUT2D eigenvalue weighted by Gasteiger charge is -2.08. The molecule has 0 aliphatic carbocycles. The van der Waals surface area contributed by atoms with Gasteiger partial charge in [-0.25, -0.2) is 14.3 Å². The summed E-state index contributed by atoms with van der Waals surface area (Å²) < 4.78 is 11.3. The molecule has 0 aliphatic heterocycles. The standard InChI is InChI=1S/C22H19ClN2O4/c1-15(22(27)28-2)29-20(26)13-10-17-14-25(19-6-4-3-5-7-19)24-21(17)16-8-11-18(23)12-9-16/h3-15H,1-2H3/b13-10+. The van der Waals surface area contributed by atoms with Crippen LogP contribution in [-0.4, -0.2) is 34.9 Å². The average Bonchev–Trinajstić information content (AvgIpc) is 3.17. The Hall–Kier alpha value is -3.38. The maximum atomic E-state index is 12.1. The quantitative estimate of drug-likeness (QED) is 0.447. The Morgan fingerprint density at radius 3 is 2.45 bits per heavy atom. The molecule has 0 radical (unpaired) electrons. The van der Waals surface area contributed by atoms with Crippen LogP contribution in [0, 0.1) is 0 Å². The van der Waals surface area contributed by atoms with Crippen molar-refractivity contribution in [3.8, 4) is 16.9 Å². The minimum absolute atomic E-state index is 0.619. The Kier molecular flexibility index (Phi) is 6.46. The lowest BCUT2D eigenvalue weighted by Crippen LogP contribution is -2.24. The zero-order valence-corrected chi connectivity index (χ0v) is 16.7. The molecule has 0 saturated carbocycles. The van der Waals surface area contributed by atoms with Gasteiger partial charge in [0.05, 0.1) is 18.5 Å². The van der Waals surface area contributed by atoms with Gasteiger partial charge in [0.15, 0.2) is 6.10 Å². The van der Waals surface area contributed by atoms with Crippen LogP contribution in [0.4, 0.5) is 0 Å². The number of para-hydroxylation sites is 1. The third-order valence-electron chi connectivity index (χ3n) is 4.11. The summed E-state index contributed by atoms with van der Waals surface area (Å²) in [7, 11) is 1.23. The molecule has 0 aliphatic rings. The first-order chi connectivity index (χ1) is 14.0. The molecule has 6 nitrogen and oxygen atoms in total. The van der Waals surface area contributed by atoms with Crippen molar-refractivity contribution in [3.05, 3.63) is 77.5 Å². The number of ether oxygens (including phenoxy) is 2. The fourth-order valence-corrected chi connectivity index (χ4v) is 2.77. The minimum Gasteiger partial charge on any atom is -0.466 e. The zero-order chi connectivity index (χ0) is 20.8. The Morgan fingerprint density at radius 2 is 1.79 bits per heavy atom. The van der Waals surface area contributed by atoms with E-state index in [0.717, 1.165) is 11.3 Å². The number of hydrogen-bond acceptors (Lipinski definition) is 5. The van der Waals surface area contributed by atoms with E-state index in [1.807, 2.05) is 48.7 Å². The van der Waals surface area contributed by atoms with Crippen LogP contribution in [-0.2, 0) is 19.1 Å². The maximum absolute atomic E-state index is 12.1. The summed E-state index contributed by atoms with van der Waals surface area (Å²) in [6.07, 6.45) is 3.68. The van der Waals surface area contributed by atoms with Gasteiger partial charge in [0.2, 0.25) is 0 Å². The first-order valence-electron chi connectivity index (χ1n) is 8.85.